The third kappa shape index (κ3) is 3.64. The highest BCUT2D eigenvalue weighted by Crippen LogP contribution is 2.32. The molecule has 33 heavy (non-hydrogen) atoms. The van der Waals surface area contributed by atoms with Gasteiger partial charge in [-0.1, -0.05) is 36.4 Å². The van der Waals surface area contributed by atoms with E-state index in [4.69, 9.17) is 10.7 Å². The van der Waals surface area contributed by atoms with Crippen LogP contribution in [0.1, 0.15) is 17.3 Å². The van der Waals surface area contributed by atoms with Crippen molar-refractivity contribution in [3.05, 3.63) is 72.8 Å². The molecule has 164 valence electrons. The molecule has 9 nitrogen and oxygen atoms in total. The van der Waals surface area contributed by atoms with Gasteiger partial charge in [0.2, 0.25) is 0 Å². The Kier molecular flexibility index (Phi) is 5.15. The van der Waals surface area contributed by atoms with E-state index in [0.29, 0.717) is 23.4 Å². The SMILES string of the molecule is CC(=O)c1c(-c2cnn(CCO)c2)nc2c(-c3ccc(-c4ccccc4)nc3)cnn2c1N. The van der Waals surface area contributed by atoms with Crippen LogP contribution in [0.15, 0.2) is 67.3 Å². The molecule has 9 heteroatoms. The van der Waals surface area contributed by atoms with E-state index in [1.807, 2.05) is 42.5 Å². The molecule has 0 bridgehead atoms. The molecule has 3 N–H and O–H groups in total. The van der Waals surface area contributed by atoms with E-state index in [1.165, 1.54) is 11.4 Å². The number of aliphatic hydroxyl groups excluding tert-OH is 1. The van der Waals surface area contributed by atoms with Gasteiger partial charge in [0.15, 0.2) is 11.4 Å². The number of nitrogens with two attached hydrogens (primary N) is 1. The van der Waals surface area contributed by atoms with Crippen molar-refractivity contribution in [1.29, 1.82) is 0 Å². The maximum Gasteiger partial charge on any atom is 0.165 e. The summed E-state index contributed by atoms with van der Waals surface area (Å²) < 4.78 is 3.06. The molecular formula is C24H21N7O2. The van der Waals surface area contributed by atoms with Crippen LogP contribution in [0.2, 0.25) is 0 Å². The second-order valence-corrected chi connectivity index (χ2v) is 7.58. The summed E-state index contributed by atoms with van der Waals surface area (Å²) in [5.41, 5.74) is 11.7. The van der Waals surface area contributed by atoms with Crippen LogP contribution in [-0.2, 0) is 6.54 Å². The lowest BCUT2D eigenvalue weighted by Gasteiger charge is -2.10. The Morgan fingerprint density at radius 2 is 1.82 bits per heavy atom. The Bertz CT molecular complexity index is 1450. The number of carbonyl (C=O) groups is 1. The van der Waals surface area contributed by atoms with E-state index in [-0.39, 0.29) is 23.8 Å². The fourth-order valence-corrected chi connectivity index (χ4v) is 3.82. The van der Waals surface area contributed by atoms with Gasteiger partial charge < -0.3 is 10.8 Å². The molecule has 4 aromatic heterocycles. The summed E-state index contributed by atoms with van der Waals surface area (Å²) in [5, 5.41) is 17.8. The Morgan fingerprint density at radius 3 is 2.52 bits per heavy atom. The largest absolute Gasteiger partial charge is 0.394 e. The first-order chi connectivity index (χ1) is 16.1. The minimum atomic E-state index is -0.224. The normalized spacial score (nSPS) is 11.2. The average Bonchev–Trinajstić information content (AvgIpc) is 3.47. The van der Waals surface area contributed by atoms with E-state index in [2.05, 4.69) is 15.2 Å². The Morgan fingerprint density at radius 1 is 1.00 bits per heavy atom. The van der Waals surface area contributed by atoms with E-state index in [1.54, 1.807) is 29.5 Å². The van der Waals surface area contributed by atoms with Crippen LogP contribution >= 0.6 is 0 Å². The monoisotopic (exact) mass is 439 g/mol. The Balaban J connectivity index is 1.64. The first-order valence-electron chi connectivity index (χ1n) is 10.4. The molecular weight excluding hydrogens is 418 g/mol. The zero-order chi connectivity index (χ0) is 22.9. The van der Waals surface area contributed by atoms with Crippen molar-refractivity contribution in [3.63, 3.8) is 0 Å². The number of hydrogen-bond acceptors (Lipinski definition) is 7. The maximum absolute atomic E-state index is 12.4. The highest BCUT2D eigenvalue weighted by molar-refractivity contribution is 6.04. The molecule has 0 atom stereocenters. The fourth-order valence-electron chi connectivity index (χ4n) is 3.82. The second kappa shape index (κ2) is 8.29. The lowest BCUT2D eigenvalue weighted by Crippen LogP contribution is -2.11. The van der Waals surface area contributed by atoms with Crippen LogP contribution in [0.25, 0.3) is 39.3 Å². The van der Waals surface area contributed by atoms with E-state index >= 15 is 0 Å². The number of rotatable bonds is 6. The lowest BCUT2D eigenvalue weighted by atomic mass is 10.1. The van der Waals surface area contributed by atoms with Crippen molar-refractivity contribution in [2.45, 2.75) is 13.5 Å². The number of pyridine rings is 1. The van der Waals surface area contributed by atoms with Gasteiger partial charge in [-0.25, -0.2) is 4.98 Å². The number of nitrogens with zero attached hydrogens (tertiary/aromatic N) is 6. The van der Waals surface area contributed by atoms with Crippen LogP contribution in [0.3, 0.4) is 0 Å². The quantitative estimate of drug-likeness (QED) is 0.390. The average molecular weight is 439 g/mol. The second-order valence-electron chi connectivity index (χ2n) is 7.58. The summed E-state index contributed by atoms with van der Waals surface area (Å²) in [6.45, 7) is 1.73. The van der Waals surface area contributed by atoms with Crippen LogP contribution in [0.4, 0.5) is 5.82 Å². The van der Waals surface area contributed by atoms with Gasteiger partial charge in [-0.05, 0) is 13.0 Å². The van der Waals surface area contributed by atoms with Crippen LogP contribution in [-0.4, -0.2) is 46.9 Å². The number of fused-ring (bicyclic) bond motifs is 1. The standard InChI is InChI=1S/C24H21N7O2/c1-15(33)21-22(18-12-27-30(14-18)9-10-32)29-24-19(13-28-31(24)23(21)25)17-7-8-20(26-11-17)16-5-3-2-4-6-16/h2-8,11-14,32H,9-10,25H2,1H3. The van der Waals surface area contributed by atoms with Gasteiger partial charge in [0.25, 0.3) is 0 Å². The maximum atomic E-state index is 12.4. The molecule has 1 aromatic carbocycles. The topological polar surface area (TPSA) is 124 Å². The van der Waals surface area contributed by atoms with E-state index < -0.39 is 0 Å². The Hall–Kier alpha value is -4.37. The van der Waals surface area contributed by atoms with Crippen molar-refractivity contribution in [1.82, 2.24) is 29.4 Å². The summed E-state index contributed by atoms with van der Waals surface area (Å²) in [5.74, 6) is -0.0183. The summed E-state index contributed by atoms with van der Waals surface area (Å²) in [6, 6.07) is 13.8. The summed E-state index contributed by atoms with van der Waals surface area (Å²) in [7, 11) is 0. The number of benzene rings is 1. The molecule has 0 aliphatic heterocycles. The molecule has 0 spiro atoms. The van der Waals surface area contributed by atoms with Gasteiger partial charge in [-0.2, -0.15) is 14.7 Å². The van der Waals surface area contributed by atoms with Crippen LogP contribution in [0.5, 0.6) is 0 Å². The molecule has 0 aliphatic rings. The van der Waals surface area contributed by atoms with Gasteiger partial charge in [0.1, 0.15) is 5.82 Å². The molecule has 4 heterocycles. The number of ketones is 1. The van der Waals surface area contributed by atoms with Gasteiger partial charge >= 0.3 is 0 Å². The van der Waals surface area contributed by atoms with Crippen molar-refractivity contribution in [2.24, 2.45) is 0 Å². The van der Waals surface area contributed by atoms with Crippen molar-refractivity contribution >= 4 is 17.2 Å². The lowest BCUT2D eigenvalue weighted by molar-refractivity contribution is 0.101. The zero-order valence-corrected chi connectivity index (χ0v) is 17.9. The molecule has 5 rings (SSSR count). The molecule has 0 saturated heterocycles. The van der Waals surface area contributed by atoms with Gasteiger partial charge in [0.05, 0.1) is 42.5 Å². The number of aliphatic hydroxyl groups is 1. The van der Waals surface area contributed by atoms with E-state index in [9.17, 15) is 9.90 Å². The molecule has 0 amide bonds. The molecule has 0 unspecified atom stereocenters. The minimum absolute atomic E-state index is 0.0476. The number of Topliss-reactive ketones (excluding diaryl/α,β-unsaturated/α-hetero) is 1. The van der Waals surface area contributed by atoms with Gasteiger partial charge in [-0.3, -0.25) is 14.5 Å². The number of carbonyl (C=O) groups excluding carboxylic acids is 1. The number of aromatic nitrogens is 6. The molecule has 0 radical (unpaired) electrons. The molecule has 5 aromatic rings. The fraction of sp³-hybridized carbons (Fsp3) is 0.125. The highest BCUT2D eigenvalue weighted by Gasteiger charge is 2.22. The first kappa shape index (κ1) is 20.5. The summed E-state index contributed by atoms with van der Waals surface area (Å²) in [6.07, 6.45) is 6.77. The third-order valence-electron chi connectivity index (χ3n) is 5.41. The number of anilines is 1. The summed E-state index contributed by atoms with van der Waals surface area (Å²) in [4.78, 5) is 21.8. The van der Waals surface area contributed by atoms with Crippen molar-refractivity contribution in [2.75, 3.05) is 12.3 Å². The summed E-state index contributed by atoms with van der Waals surface area (Å²) >= 11 is 0. The third-order valence-corrected chi connectivity index (χ3v) is 5.41. The molecule has 0 saturated carbocycles. The van der Waals surface area contributed by atoms with Crippen LogP contribution < -0.4 is 5.73 Å². The molecule has 0 fully saturated rings. The highest BCUT2D eigenvalue weighted by atomic mass is 16.3. The predicted molar refractivity (Wildman–Crippen MR) is 124 cm³/mol. The smallest absolute Gasteiger partial charge is 0.165 e. The number of hydrogen-bond donors (Lipinski definition) is 2. The zero-order valence-electron chi connectivity index (χ0n) is 17.9. The van der Waals surface area contributed by atoms with Gasteiger partial charge in [0, 0.05) is 34.6 Å². The van der Waals surface area contributed by atoms with Crippen molar-refractivity contribution in [3.8, 4) is 33.6 Å². The van der Waals surface area contributed by atoms with Crippen LogP contribution in [0, 0.1) is 0 Å². The van der Waals surface area contributed by atoms with E-state index in [0.717, 1.165) is 22.4 Å². The predicted octanol–water partition coefficient (Wildman–Crippen LogP) is 3.10. The van der Waals surface area contributed by atoms with Gasteiger partial charge in [-0.15, -0.1) is 0 Å². The molecule has 0 aliphatic carbocycles. The number of nitrogen functional groups attached to an aromatic ring is 1. The minimum Gasteiger partial charge on any atom is -0.394 e. The first-order valence-corrected chi connectivity index (χ1v) is 10.4. The Labute approximate surface area is 189 Å². The van der Waals surface area contributed by atoms with Crippen molar-refractivity contribution < 1.29 is 9.90 Å².